The van der Waals surface area contributed by atoms with E-state index in [1.807, 2.05) is 6.07 Å². The van der Waals surface area contributed by atoms with Crippen molar-refractivity contribution in [1.82, 2.24) is 0 Å². The van der Waals surface area contributed by atoms with Gasteiger partial charge in [0.05, 0.1) is 41.8 Å². The average Bonchev–Trinajstić information content (AvgIpc) is 4.20. The Labute approximate surface area is 500 Å². The monoisotopic (exact) mass is 1230 g/mol. The van der Waals surface area contributed by atoms with E-state index in [-0.39, 0.29) is 10.8 Å². The molecule has 8 aromatic carbocycles. The van der Waals surface area contributed by atoms with E-state index in [0.717, 1.165) is 9.52 Å². The van der Waals surface area contributed by atoms with Gasteiger partial charge in [0.2, 0.25) is 0 Å². The molecule has 0 saturated heterocycles. The summed E-state index contributed by atoms with van der Waals surface area (Å²) in [7, 11) is 4.92. The first-order valence-electron chi connectivity index (χ1n) is 28.8. The Bertz CT molecular complexity index is 3050. The van der Waals surface area contributed by atoms with Crippen molar-refractivity contribution in [3.05, 3.63) is 156 Å². The smallest absolute Gasteiger partial charge is 0.0920 e. The number of benzene rings is 6. The maximum absolute atomic E-state index is 4.93. The van der Waals surface area contributed by atoms with E-state index >= 15 is 0 Å². The number of halogens is 2. The molecule has 1 aliphatic heterocycles. The molecular formula is C70H93Cl2Si5Zr-3. The molecule has 0 amide bonds. The second kappa shape index (κ2) is 25.3. The van der Waals surface area contributed by atoms with Gasteiger partial charge in [-0.1, -0.05) is 275 Å². The van der Waals surface area contributed by atoms with Crippen LogP contribution in [0.2, 0.25) is 78.6 Å². The van der Waals surface area contributed by atoms with Gasteiger partial charge in [0, 0.05) is 0 Å². The normalized spacial score (nSPS) is 13.6. The molecule has 1 aliphatic rings. The van der Waals surface area contributed by atoms with Crippen LogP contribution in [0.15, 0.2) is 127 Å². The molecule has 0 saturated carbocycles. The van der Waals surface area contributed by atoms with Gasteiger partial charge in [0.25, 0.3) is 0 Å². The first-order valence-corrected chi connectivity index (χ1v) is 50.1. The summed E-state index contributed by atoms with van der Waals surface area (Å²) >= 11 is -0.826. The number of hydrogen-bond acceptors (Lipinski definition) is 0. The molecule has 1 heterocycles. The zero-order chi connectivity index (χ0) is 58.1. The van der Waals surface area contributed by atoms with Crippen LogP contribution in [0, 0.1) is 6.07 Å². The van der Waals surface area contributed by atoms with Crippen LogP contribution in [0.4, 0.5) is 0 Å². The first-order chi connectivity index (χ1) is 36.1. The Hall–Kier alpha value is -2.91. The van der Waals surface area contributed by atoms with E-state index in [1.54, 1.807) is 20.7 Å². The summed E-state index contributed by atoms with van der Waals surface area (Å²) in [4.78, 5) is 0. The van der Waals surface area contributed by atoms with Gasteiger partial charge in [-0.3, -0.25) is 0 Å². The quantitative estimate of drug-likeness (QED) is 0.0946. The van der Waals surface area contributed by atoms with Crippen molar-refractivity contribution in [2.45, 2.75) is 183 Å². The van der Waals surface area contributed by atoms with Crippen molar-refractivity contribution in [2.24, 2.45) is 0 Å². The minimum absolute atomic E-state index is 0.103. The third kappa shape index (κ3) is 15.4. The molecule has 8 heteroatoms. The summed E-state index contributed by atoms with van der Waals surface area (Å²) in [5, 5.41) is 14.9. The third-order valence-corrected chi connectivity index (χ3v) is 25.5. The Morgan fingerprint density at radius 2 is 0.859 bits per heavy atom. The second-order valence-corrected chi connectivity index (χ2v) is 53.8. The second-order valence-electron chi connectivity index (χ2n) is 28.5. The SMILES string of the molecule is CCC(C)c1cc2c(-c3cc([Si](C)(C)C)cc([Si](C)(C)C)c3)c(C(C)(C)C)ccc2[cH-]1.CCC(C)c1cc2c(-c3cc([Si](C)(C)C)cc([Si](C)(C)C)c3)c(C(C)(C)C)ccc2[cH-]1.[Cl][Zr][Cl].[c-]1cccc2c1[Si]c1ccccc1-2. The molecule has 78 heavy (non-hydrogen) atoms. The van der Waals surface area contributed by atoms with Gasteiger partial charge in [-0.05, 0) is 33.8 Å². The molecule has 2 unspecified atom stereocenters. The standard InChI is InChI=1S/2C29H43Si2.C12H7Si.2ClH.Zr/c2*1-12-20(2)22-15-21-13-14-27(29(3,4)5)28(26(21)18-22)23-16-24(30(6,7)8)19-25(17-23)31(9,10)11;1-3-7-11-9(5-1)10-6-2-4-8-12(10)13-11;;;/h2*13-20H,12H2,1-11H3;1-7H;2*1H;/q3*-1;;;+2/p-2. The van der Waals surface area contributed by atoms with Crippen LogP contribution >= 0.6 is 17.0 Å². The number of rotatable bonds is 10. The minimum Gasteiger partial charge on any atom is -0.184 e. The van der Waals surface area contributed by atoms with Crippen LogP contribution in [0.25, 0.3) is 54.9 Å². The minimum atomic E-state index is -1.43. The molecule has 9 rings (SSSR count). The Morgan fingerprint density at radius 1 is 0.500 bits per heavy atom. The molecular weight excluding hydrogens is 1140 g/mol. The molecule has 0 aromatic heterocycles. The van der Waals surface area contributed by atoms with Crippen LogP contribution in [-0.4, -0.2) is 41.8 Å². The number of hydrogen-bond donors (Lipinski definition) is 0. The van der Waals surface area contributed by atoms with E-state index in [0.29, 0.717) is 11.8 Å². The van der Waals surface area contributed by atoms with Gasteiger partial charge in [-0.15, -0.1) is 74.6 Å². The summed E-state index contributed by atoms with van der Waals surface area (Å²) in [5.74, 6) is 1.20. The molecule has 0 bridgehead atoms. The fourth-order valence-electron chi connectivity index (χ4n) is 10.5. The zero-order valence-corrected chi connectivity index (χ0v) is 60.9. The van der Waals surface area contributed by atoms with Crippen molar-refractivity contribution in [1.29, 1.82) is 0 Å². The van der Waals surface area contributed by atoms with Gasteiger partial charge < -0.3 is 0 Å². The predicted octanol–water partition coefficient (Wildman–Crippen LogP) is 18.8. The molecule has 2 radical (unpaired) electrons. The summed E-state index contributed by atoms with van der Waals surface area (Å²) in [5.41, 5.74) is 14.7. The van der Waals surface area contributed by atoms with Crippen LogP contribution in [-0.2, 0) is 31.7 Å². The molecule has 0 fully saturated rings. The van der Waals surface area contributed by atoms with Crippen molar-refractivity contribution in [2.75, 3.05) is 0 Å². The Balaban J connectivity index is 0.000000197. The molecule has 0 spiro atoms. The molecule has 2 atom stereocenters. The van der Waals surface area contributed by atoms with Crippen LogP contribution < -0.4 is 31.1 Å². The molecule has 0 N–H and O–H groups in total. The van der Waals surface area contributed by atoms with Crippen LogP contribution in [0.5, 0.6) is 0 Å². The van der Waals surface area contributed by atoms with Gasteiger partial charge >= 0.3 is 37.9 Å². The van der Waals surface area contributed by atoms with E-state index in [2.05, 4.69) is 275 Å². The van der Waals surface area contributed by atoms with Crippen molar-refractivity contribution >= 4 is 112 Å². The van der Waals surface area contributed by atoms with Crippen LogP contribution in [0.3, 0.4) is 0 Å². The summed E-state index contributed by atoms with van der Waals surface area (Å²) in [6.45, 7) is 53.2. The van der Waals surface area contributed by atoms with E-state index < -0.39 is 53.1 Å². The van der Waals surface area contributed by atoms with Gasteiger partial charge in [0.15, 0.2) is 0 Å². The van der Waals surface area contributed by atoms with Gasteiger partial charge in [-0.25, -0.2) is 0 Å². The Kier molecular flexibility index (Phi) is 20.8. The van der Waals surface area contributed by atoms with Gasteiger partial charge in [-0.2, -0.15) is 41.6 Å². The summed E-state index contributed by atoms with van der Waals surface area (Å²) < 4.78 is 0. The van der Waals surface area contributed by atoms with Crippen molar-refractivity contribution < 1.29 is 20.8 Å². The van der Waals surface area contributed by atoms with Crippen LogP contribution in [0.1, 0.15) is 116 Å². The zero-order valence-electron chi connectivity index (χ0n) is 51.9. The fourth-order valence-corrected chi connectivity index (χ4v) is 16.8. The molecule has 0 aliphatic carbocycles. The first kappa shape index (κ1) is 64.3. The maximum Gasteiger partial charge on any atom is 0.0920 e. The average molecular weight is 1240 g/mol. The van der Waals surface area contributed by atoms with E-state index in [9.17, 15) is 0 Å². The summed E-state index contributed by atoms with van der Waals surface area (Å²) in [6.07, 6.45) is 2.37. The van der Waals surface area contributed by atoms with E-state index in [4.69, 9.17) is 17.0 Å². The number of fused-ring (bicyclic) bond motifs is 5. The molecule has 414 valence electrons. The fraction of sp³-hybridized carbons (Fsp3) is 0.400. The molecule has 8 aromatic rings. The van der Waals surface area contributed by atoms with Crippen molar-refractivity contribution in [3.8, 4) is 33.4 Å². The maximum atomic E-state index is 4.93. The topological polar surface area (TPSA) is 0 Å². The van der Waals surface area contributed by atoms with E-state index in [1.165, 1.54) is 100 Å². The molecule has 0 nitrogen and oxygen atoms in total. The predicted molar refractivity (Wildman–Crippen MR) is 364 cm³/mol. The third-order valence-electron chi connectivity index (χ3n) is 16.0. The van der Waals surface area contributed by atoms with Gasteiger partial charge in [0.1, 0.15) is 0 Å². The largest absolute Gasteiger partial charge is 0.184 e. The Morgan fingerprint density at radius 3 is 1.21 bits per heavy atom. The van der Waals surface area contributed by atoms with Crippen molar-refractivity contribution in [3.63, 3.8) is 0 Å². The summed E-state index contributed by atoms with van der Waals surface area (Å²) in [6, 6.07) is 52.8.